The largest absolute Gasteiger partial charge is 0.443 e. The summed E-state index contributed by atoms with van der Waals surface area (Å²) >= 11 is 0. The first kappa shape index (κ1) is 26.6. The number of rotatable bonds is 10. The van der Waals surface area contributed by atoms with Crippen LogP contribution in [-0.2, 0) is 19.3 Å². The molecule has 0 aliphatic heterocycles. The number of carbonyl (C=O) groups is 2. The summed E-state index contributed by atoms with van der Waals surface area (Å²) in [6, 6.07) is 7.78. The predicted octanol–water partition coefficient (Wildman–Crippen LogP) is 4.65. The highest BCUT2D eigenvalue weighted by atomic mass is 16.7. The van der Waals surface area contributed by atoms with E-state index < -0.39 is 33.2 Å². The molecule has 13 nitrogen and oxygen atoms in total. The average Bonchev–Trinajstić information content (AvgIpc) is 2.80. The molecule has 0 aliphatic rings. The monoisotopic (exact) mass is 486 g/mol. The number of nitrogens with zero attached hydrogens (tertiary/aromatic N) is 4. The quantitative estimate of drug-likeness (QED) is 0.200. The van der Waals surface area contributed by atoms with Crippen molar-refractivity contribution >= 4 is 34.7 Å². The van der Waals surface area contributed by atoms with Gasteiger partial charge in [-0.25, -0.2) is 9.59 Å². The zero-order valence-electron chi connectivity index (χ0n) is 19.3. The van der Waals surface area contributed by atoms with Gasteiger partial charge in [0.2, 0.25) is 11.5 Å². The van der Waals surface area contributed by atoms with E-state index in [0.29, 0.717) is 24.0 Å². The van der Waals surface area contributed by atoms with Crippen molar-refractivity contribution in [1.29, 1.82) is 0 Å². The first-order valence-electron chi connectivity index (χ1n) is 10.3. The molecule has 0 saturated carbocycles. The fourth-order valence-electron chi connectivity index (χ4n) is 2.85. The summed E-state index contributed by atoms with van der Waals surface area (Å²) in [5.74, 6) is -1.79. The Balaban J connectivity index is 2.49. The van der Waals surface area contributed by atoms with Crippen LogP contribution in [0.25, 0.3) is 0 Å². The van der Waals surface area contributed by atoms with Crippen molar-refractivity contribution in [2.45, 2.75) is 40.5 Å². The minimum Gasteiger partial charge on any atom is -0.443 e. The molecule has 0 radical (unpaired) electrons. The number of nitro benzene ring substituents is 2. The Kier molecular flexibility index (Phi) is 9.09. The Morgan fingerprint density at radius 3 is 1.43 bits per heavy atom. The highest BCUT2D eigenvalue weighted by Crippen LogP contribution is 2.37. The number of nitro groups is 2. The lowest BCUT2D eigenvalue weighted by atomic mass is 10.1. The highest BCUT2D eigenvalue weighted by Gasteiger charge is 2.24. The van der Waals surface area contributed by atoms with Gasteiger partial charge in [-0.05, 0) is 37.1 Å². The van der Waals surface area contributed by atoms with E-state index in [1.54, 1.807) is 13.8 Å². The molecule has 0 heterocycles. The first-order chi connectivity index (χ1) is 16.6. The summed E-state index contributed by atoms with van der Waals surface area (Å²) in [6.45, 7) is 5.78. The van der Waals surface area contributed by atoms with Crippen LogP contribution in [0.15, 0.2) is 46.7 Å². The van der Waals surface area contributed by atoms with Crippen molar-refractivity contribution in [2.24, 2.45) is 10.3 Å². The fraction of sp³-hybridized carbons (Fsp3) is 0.273. The lowest BCUT2D eigenvalue weighted by Crippen LogP contribution is -2.05. The van der Waals surface area contributed by atoms with Crippen molar-refractivity contribution < 1.29 is 33.8 Å². The summed E-state index contributed by atoms with van der Waals surface area (Å²) in [7, 11) is 0. The second kappa shape index (κ2) is 12.0. The molecule has 2 rings (SSSR count). The van der Waals surface area contributed by atoms with E-state index in [-0.39, 0.29) is 22.9 Å². The van der Waals surface area contributed by atoms with E-state index in [2.05, 4.69) is 20.0 Å². The smallest absolute Gasteiger partial charge is 0.331 e. The molecule has 0 unspecified atom stereocenters. The van der Waals surface area contributed by atoms with Crippen LogP contribution in [0.2, 0.25) is 0 Å². The molecule has 0 spiro atoms. The Labute approximate surface area is 199 Å². The molecule has 0 bridgehead atoms. The van der Waals surface area contributed by atoms with Gasteiger partial charge < -0.3 is 14.4 Å². The van der Waals surface area contributed by atoms with Crippen molar-refractivity contribution in [3.05, 3.63) is 67.8 Å². The Hall–Kier alpha value is -4.68. The van der Waals surface area contributed by atoms with Gasteiger partial charge in [0.25, 0.3) is 0 Å². The normalized spacial score (nSPS) is 11.5. The molecular weight excluding hydrogens is 464 g/mol. The van der Waals surface area contributed by atoms with Gasteiger partial charge >= 0.3 is 23.3 Å². The lowest BCUT2D eigenvalue weighted by Gasteiger charge is -2.10. The summed E-state index contributed by atoms with van der Waals surface area (Å²) in [5.41, 5.74) is 0.235. The second-order valence-corrected chi connectivity index (χ2v) is 6.93. The first-order valence-corrected chi connectivity index (χ1v) is 10.3. The second-order valence-electron chi connectivity index (χ2n) is 6.93. The van der Waals surface area contributed by atoms with Gasteiger partial charge in [0, 0.05) is 37.1 Å². The topological polar surface area (TPSA) is 173 Å². The maximum Gasteiger partial charge on any atom is 0.331 e. The van der Waals surface area contributed by atoms with Crippen molar-refractivity contribution in [3.8, 4) is 11.5 Å². The van der Waals surface area contributed by atoms with Crippen molar-refractivity contribution in [1.82, 2.24) is 0 Å². The minimum absolute atomic E-state index is 0.248. The van der Waals surface area contributed by atoms with Crippen molar-refractivity contribution in [3.63, 3.8) is 0 Å². The molecule has 184 valence electrons. The molecule has 0 N–H and O–H groups in total. The van der Waals surface area contributed by atoms with Crippen LogP contribution in [0.4, 0.5) is 11.4 Å². The summed E-state index contributed by atoms with van der Waals surface area (Å²) in [5, 5.41) is 30.7. The molecule has 35 heavy (non-hydrogen) atoms. The molecule has 0 atom stereocenters. The van der Waals surface area contributed by atoms with Crippen LogP contribution in [-0.4, -0.2) is 33.2 Å². The predicted molar refractivity (Wildman–Crippen MR) is 123 cm³/mol. The average molecular weight is 486 g/mol. The van der Waals surface area contributed by atoms with Crippen LogP contribution in [0, 0.1) is 20.2 Å². The summed E-state index contributed by atoms with van der Waals surface area (Å²) in [6.07, 6.45) is 0.623. The van der Waals surface area contributed by atoms with Crippen LogP contribution < -0.4 is 4.74 Å². The molecule has 2 aromatic carbocycles. The summed E-state index contributed by atoms with van der Waals surface area (Å²) in [4.78, 5) is 53.2. The van der Waals surface area contributed by atoms with E-state index in [1.807, 2.05) is 0 Å². The maximum absolute atomic E-state index is 11.7. The van der Waals surface area contributed by atoms with Crippen LogP contribution >= 0.6 is 0 Å². The van der Waals surface area contributed by atoms with Gasteiger partial charge in [-0.1, -0.05) is 24.2 Å². The number of hydrogen-bond acceptors (Lipinski definition) is 11. The third kappa shape index (κ3) is 7.15. The van der Waals surface area contributed by atoms with Crippen LogP contribution in [0.5, 0.6) is 11.5 Å². The van der Waals surface area contributed by atoms with Gasteiger partial charge in [-0.3, -0.25) is 20.2 Å². The van der Waals surface area contributed by atoms with Crippen molar-refractivity contribution in [2.75, 3.05) is 0 Å². The molecule has 0 amide bonds. The number of ether oxygens (including phenoxy) is 1. The molecule has 0 fully saturated rings. The van der Waals surface area contributed by atoms with E-state index in [4.69, 9.17) is 4.74 Å². The van der Waals surface area contributed by atoms with E-state index in [9.17, 15) is 29.8 Å². The highest BCUT2D eigenvalue weighted by molar-refractivity contribution is 6.01. The van der Waals surface area contributed by atoms with Gasteiger partial charge in [0.05, 0.1) is 21.3 Å². The maximum atomic E-state index is 11.7. The van der Waals surface area contributed by atoms with Gasteiger partial charge in [-0.2, -0.15) is 0 Å². The van der Waals surface area contributed by atoms with Crippen LogP contribution in [0.1, 0.15) is 51.7 Å². The zero-order chi connectivity index (χ0) is 26.1. The summed E-state index contributed by atoms with van der Waals surface area (Å²) < 4.78 is 5.56. The Morgan fingerprint density at radius 1 is 0.771 bits per heavy atom. The Morgan fingerprint density at radius 2 is 1.14 bits per heavy atom. The third-order valence-corrected chi connectivity index (χ3v) is 4.44. The van der Waals surface area contributed by atoms with Crippen LogP contribution in [0.3, 0.4) is 0 Å². The van der Waals surface area contributed by atoms with E-state index in [1.165, 1.54) is 50.2 Å². The minimum atomic E-state index is -0.709. The molecular formula is C22H22N4O9. The molecule has 0 aromatic heterocycles. The fourth-order valence-corrected chi connectivity index (χ4v) is 2.85. The van der Waals surface area contributed by atoms with E-state index >= 15 is 0 Å². The van der Waals surface area contributed by atoms with Gasteiger partial charge in [0.15, 0.2) is 0 Å². The number of oxime groups is 2. The number of hydrogen-bond donors (Lipinski definition) is 0. The number of carbonyl (C=O) groups excluding carboxylic acids is 2. The zero-order valence-corrected chi connectivity index (χ0v) is 19.3. The number of benzene rings is 2. The molecule has 13 heteroatoms. The van der Waals surface area contributed by atoms with E-state index in [0.717, 1.165) is 0 Å². The Bertz CT molecular complexity index is 1130. The SMILES string of the molecule is CC/C(=N\OC(C)=O)c1ccc(Oc2ccc(/C(CC)=N/OC(C)=O)cc2[N+](=O)[O-])c([N+](=O)[O-])c1. The molecule has 0 saturated heterocycles. The van der Waals surface area contributed by atoms with Gasteiger partial charge in [-0.15, -0.1) is 0 Å². The molecule has 2 aromatic rings. The third-order valence-electron chi connectivity index (χ3n) is 4.44. The standard InChI is InChI=1S/C22H22N4O9/c1-5-17(23-34-13(3)27)15-7-9-21(19(11-15)25(29)30)33-22-10-8-16(12-20(22)26(31)32)18(6-2)24-35-14(4)28/h7-12H,5-6H2,1-4H3/b23-17+,24-18+. The molecule has 0 aliphatic carbocycles. The van der Waals surface area contributed by atoms with Gasteiger partial charge in [0.1, 0.15) is 0 Å². The lowest BCUT2D eigenvalue weighted by molar-refractivity contribution is -0.387.